The lowest BCUT2D eigenvalue weighted by molar-refractivity contribution is -0.119. The highest BCUT2D eigenvalue weighted by atomic mass is 16.1. The summed E-state index contributed by atoms with van der Waals surface area (Å²) in [6.07, 6.45) is 5.90. The van der Waals surface area contributed by atoms with Crippen LogP contribution in [0.3, 0.4) is 0 Å². The van der Waals surface area contributed by atoms with E-state index in [0.717, 1.165) is 31.2 Å². The maximum Gasteiger partial charge on any atom is 0.137 e. The van der Waals surface area contributed by atoms with Gasteiger partial charge in [0.2, 0.25) is 0 Å². The van der Waals surface area contributed by atoms with Crippen LogP contribution in [0.2, 0.25) is 0 Å². The molecule has 0 amide bonds. The number of unbranched alkanes of at least 4 members (excludes halogenated alkanes) is 3. The standard InChI is InChI=1S/C16H22O2/c1-14(17)9-5-2-3-8-12-16(18)13-15-10-6-4-7-11-15/h4,6-7,10-11H,2-3,5,8-9,12-13H2,1H3. The molecule has 0 unspecified atom stereocenters. The Labute approximate surface area is 109 Å². The van der Waals surface area contributed by atoms with Gasteiger partial charge in [0, 0.05) is 19.3 Å². The van der Waals surface area contributed by atoms with Gasteiger partial charge in [0.1, 0.15) is 11.6 Å². The molecular formula is C16H22O2. The van der Waals surface area contributed by atoms with Crippen LogP contribution in [0.5, 0.6) is 0 Å². The van der Waals surface area contributed by atoms with Crippen LogP contribution in [0.15, 0.2) is 30.3 Å². The number of hydrogen-bond donors (Lipinski definition) is 0. The summed E-state index contributed by atoms with van der Waals surface area (Å²) in [5, 5.41) is 0. The van der Waals surface area contributed by atoms with Crippen molar-refractivity contribution in [3.8, 4) is 0 Å². The highest BCUT2D eigenvalue weighted by molar-refractivity contribution is 5.80. The van der Waals surface area contributed by atoms with Gasteiger partial charge in [-0.1, -0.05) is 43.2 Å². The van der Waals surface area contributed by atoms with Gasteiger partial charge < -0.3 is 4.79 Å². The lowest BCUT2D eigenvalue weighted by Gasteiger charge is -2.01. The van der Waals surface area contributed by atoms with Crippen molar-refractivity contribution >= 4 is 11.6 Å². The third-order valence-corrected chi connectivity index (χ3v) is 2.98. The van der Waals surface area contributed by atoms with E-state index in [1.54, 1.807) is 6.92 Å². The molecule has 0 bridgehead atoms. The summed E-state index contributed by atoms with van der Waals surface area (Å²) in [7, 11) is 0. The summed E-state index contributed by atoms with van der Waals surface area (Å²) in [4.78, 5) is 22.4. The molecule has 1 aromatic carbocycles. The Morgan fingerprint density at radius 3 is 2.11 bits per heavy atom. The van der Waals surface area contributed by atoms with E-state index in [-0.39, 0.29) is 5.78 Å². The molecule has 0 aliphatic heterocycles. The molecule has 2 heteroatoms. The Bertz CT molecular complexity index is 368. The third kappa shape index (κ3) is 7.00. The SMILES string of the molecule is CC(=O)CCCCCCC(=O)Cc1ccccc1. The minimum Gasteiger partial charge on any atom is -0.300 e. The first kappa shape index (κ1) is 14.6. The zero-order valence-corrected chi connectivity index (χ0v) is 11.2. The van der Waals surface area contributed by atoms with Gasteiger partial charge in [-0.05, 0) is 25.3 Å². The lowest BCUT2D eigenvalue weighted by atomic mass is 10.0. The highest BCUT2D eigenvalue weighted by Crippen LogP contribution is 2.08. The van der Waals surface area contributed by atoms with Crippen LogP contribution in [0, 0.1) is 0 Å². The van der Waals surface area contributed by atoms with Crippen molar-refractivity contribution in [3.63, 3.8) is 0 Å². The maximum absolute atomic E-state index is 11.7. The second kappa shape index (κ2) is 8.62. The number of ketones is 2. The molecule has 0 aliphatic rings. The molecule has 18 heavy (non-hydrogen) atoms. The Morgan fingerprint density at radius 1 is 0.889 bits per heavy atom. The van der Waals surface area contributed by atoms with E-state index in [4.69, 9.17) is 0 Å². The molecule has 0 spiro atoms. The minimum absolute atomic E-state index is 0.259. The van der Waals surface area contributed by atoms with E-state index in [2.05, 4.69) is 0 Å². The van der Waals surface area contributed by atoms with E-state index in [0.29, 0.717) is 25.0 Å². The second-order valence-corrected chi connectivity index (χ2v) is 4.82. The Balaban J connectivity index is 2.05. The Kier molecular flexibility index (Phi) is 7.00. The summed E-state index contributed by atoms with van der Waals surface area (Å²) in [6, 6.07) is 9.87. The van der Waals surface area contributed by atoms with Gasteiger partial charge in [-0.3, -0.25) is 4.79 Å². The van der Waals surface area contributed by atoms with Crippen molar-refractivity contribution in [1.82, 2.24) is 0 Å². The van der Waals surface area contributed by atoms with E-state index < -0.39 is 0 Å². The second-order valence-electron chi connectivity index (χ2n) is 4.82. The largest absolute Gasteiger partial charge is 0.300 e. The van der Waals surface area contributed by atoms with Gasteiger partial charge in [0.05, 0.1) is 0 Å². The molecule has 0 saturated carbocycles. The molecule has 98 valence electrons. The van der Waals surface area contributed by atoms with Crippen molar-refractivity contribution in [2.24, 2.45) is 0 Å². The molecule has 1 rings (SSSR count). The molecule has 0 fully saturated rings. The predicted molar refractivity (Wildman–Crippen MR) is 73.5 cm³/mol. The van der Waals surface area contributed by atoms with E-state index >= 15 is 0 Å². The monoisotopic (exact) mass is 246 g/mol. The molecule has 0 heterocycles. The predicted octanol–water partition coefficient (Wildman–Crippen LogP) is 3.73. The third-order valence-electron chi connectivity index (χ3n) is 2.98. The van der Waals surface area contributed by atoms with Crippen LogP contribution in [0.4, 0.5) is 0 Å². The molecule has 0 aromatic heterocycles. The van der Waals surface area contributed by atoms with Crippen molar-refractivity contribution in [2.45, 2.75) is 51.9 Å². The first-order valence-corrected chi connectivity index (χ1v) is 6.73. The normalized spacial score (nSPS) is 10.3. The van der Waals surface area contributed by atoms with Crippen LogP contribution >= 0.6 is 0 Å². The topological polar surface area (TPSA) is 34.1 Å². The average molecular weight is 246 g/mol. The fraction of sp³-hybridized carbons (Fsp3) is 0.500. The van der Waals surface area contributed by atoms with Gasteiger partial charge in [0.15, 0.2) is 0 Å². The number of carbonyl (C=O) groups excluding carboxylic acids is 2. The first-order chi connectivity index (χ1) is 8.68. The number of hydrogen-bond acceptors (Lipinski definition) is 2. The summed E-state index contributed by atoms with van der Waals surface area (Å²) < 4.78 is 0. The molecule has 1 aromatic rings. The number of benzene rings is 1. The smallest absolute Gasteiger partial charge is 0.137 e. The zero-order chi connectivity index (χ0) is 13.2. The van der Waals surface area contributed by atoms with Gasteiger partial charge in [-0.25, -0.2) is 0 Å². The van der Waals surface area contributed by atoms with Gasteiger partial charge >= 0.3 is 0 Å². The number of rotatable bonds is 9. The number of Topliss-reactive ketones (excluding diaryl/α,β-unsaturated/α-hetero) is 2. The van der Waals surface area contributed by atoms with Crippen LogP contribution in [-0.2, 0) is 16.0 Å². The summed E-state index contributed by atoms with van der Waals surface area (Å²) in [5.74, 6) is 0.572. The van der Waals surface area contributed by atoms with Crippen molar-refractivity contribution in [3.05, 3.63) is 35.9 Å². The first-order valence-electron chi connectivity index (χ1n) is 6.73. The summed E-state index contributed by atoms with van der Waals surface area (Å²) in [6.45, 7) is 1.63. The number of carbonyl (C=O) groups is 2. The van der Waals surface area contributed by atoms with E-state index in [9.17, 15) is 9.59 Å². The van der Waals surface area contributed by atoms with E-state index in [1.807, 2.05) is 30.3 Å². The molecule has 0 atom stereocenters. The lowest BCUT2D eigenvalue weighted by Crippen LogP contribution is -2.02. The van der Waals surface area contributed by atoms with Crippen LogP contribution < -0.4 is 0 Å². The van der Waals surface area contributed by atoms with Crippen LogP contribution in [-0.4, -0.2) is 11.6 Å². The Morgan fingerprint density at radius 2 is 1.50 bits per heavy atom. The summed E-state index contributed by atoms with van der Waals surface area (Å²) >= 11 is 0. The molecule has 0 aliphatic carbocycles. The fourth-order valence-corrected chi connectivity index (χ4v) is 1.96. The van der Waals surface area contributed by atoms with Crippen LogP contribution in [0.1, 0.15) is 51.0 Å². The van der Waals surface area contributed by atoms with Gasteiger partial charge in [-0.15, -0.1) is 0 Å². The van der Waals surface area contributed by atoms with Gasteiger partial charge in [-0.2, -0.15) is 0 Å². The van der Waals surface area contributed by atoms with Crippen LogP contribution in [0.25, 0.3) is 0 Å². The molecule has 0 N–H and O–H groups in total. The fourth-order valence-electron chi connectivity index (χ4n) is 1.96. The highest BCUT2D eigenvalue weighted by Gasteiger charge is 2.03. The average Bonchev–Trinajstić information content (AvgIpc) is 2.34. The zero-order valence-electron chi connectivity index (χ0n) is 11.2. The molecule has 0 saturated heterocycles. The van der Waals surface area contributed by atoms with Crippen molar-refractivity contribution in [2.75, 3.05) is 0 Å². The van der Waals surface area contributed by atoms with Gasteiger partial charge in [0.25, 0.3) is 0 Å². The Hall–Kier alpha value is -1.44. The summed E-state index contributed by atoms with van der Waals surface area (Å²) in [5.41, 5.74) is 1.10. The molecule has 0 radical (unpaired) electrons. The molecular weight excluding hydrogens is 224 g/mol. The van der Waals surface area contributed by atoms with Crippen molar-refractivity contribution in [1.29, 1.82) is 0 Å². The maximum atomic E-state index is 11.7. The molecule has 2 nitrogen and oxygen atoms in total. The minimum atomic E-state index is 0.259. The van der Waals surface area contributed by atoms with Crippen molar-refractivity contribution < 1.29 is 9.59 Å². The quantitative estimate of drug-likeness (QED) is 0.622. The van der Waals surface area contributed by atoms with E-state index in [1.165, 1.54) is 0 Å².